The molecule has 120 valence electrons. The third-order valence-electron chi connectivity index (χ3n) is 3.12. The van der Waals surface area contributed by atoms with E-state index in [1.165, 1.54) is 18.2 Å². The number of carbonyl (C=O) groups excluding carboxylic acids is 2. The maximum atomic E-state index is 12.0. The van der Waals surface area contributed by atoms with Crippen LogP contribution >= 0.6 is 0 Å². The Morgan fingerprint density at radius 2 is 1.74 bits per heavy atom. The number of rotatable bonds is 3. The molecule has 0 aliphatic heterocycles. The number of benzene rings is 2. The fourth-order valence-corrected chi connectivity index (χ4v) is 2.13. The third kappa shape index (κ3) is 4.13. The first-order valence-corrected chi connectivity index (χ1v) is 6.76. The fourth-order valence-electron chi connectivity index (χ4n) is 2.13. The summed E-state index contributed by atoms with van der Waals surface area (Å²) in [7, 11) is 0. The Kier molecular flexibility index (Phi) is 4.70. The Bertz CT molecular complexity index is 735. The van der Waals surface area contributed by atoms with E-state index < -0.39 is 11.8 Å². The molecule has 0 aliphatic carbocycles. The van der Waals surface area contributed by atoms with Crippen LogP contribution in [-0.4, -0.2) is 27.1 Å². The minimum absolute atomic E-state index is 0.0325. The van der Waals surface area contributed by atoms with Crippen LogP contribution in [0.3, 0.4) is 0 Å². The van der Waals surface area contributed by atoms with E-state index in [1.807, 2.05) is 0 Å². The highest BCUT2D eigenvalue weighted by molar-refractivity contribution is 5.99. The van der Waals surface area contributed by atoms with Gasteiger partial charge in [0.25, 0.3) is 5.91 Å². The third-order valence-corrected chi connectivity index (χ3v) is 3.12. The van der Waals surface area contributed by atoms with Gasteiger partial charge in [-0.1, -0.05) is 12.1 Å². The lowest BCUT2D eigenvalue weighted by atomic mass is 10.1. The molecule has 5 N–H and O–H groups in total. The second-order valence-electron chi connectivity index (χ2n) is 5.01. The second-order valence-corrected chi connectivity index (χ2v) is 5.01. The van der Waals surface area contributed by atoms with Gasteiger partial charge in [0.1, 0.15) is 17.2 Å². The van der Waals surface area contributed by atoms with Crippen molar-refractivity contribution in [3.05, 3.63) is 53.1 Å². The summed E-state index contributed by atoms with van der Waals surface area (Å²) >= 11 is 0. The van der Waals surface area contributed by atoms with E-state index in [1.54, 1.807) is 19.1 Å². The maximum Gasteiger partial charge on any atom is 0.273 e. The zero-order chi connectivity index (χ0) is 17.0. The highest BCUT2D eigenvalue weighted by Crippen LogP contribution is 2.26. The van der Waals surface area contributed by atoms with Crippen molar-refractivity contribution in [3.8, 4) is 17.2 Å². The van der Waals surface area contributed by atoms with E-state index in [9.17, 15) is 24.9 Å². The van der Waals surface area contributed by atoms with E-state index in [2.05, 4.69) is 10.9 Å². The molecular weight excluding hydrogens is 300 g/mol. The van der Waals surface area contributed by atoms with Gasteiger partial charge >= 0.3 is 0 Å². The lowest BCUT2D eigenvalue weighted by molar-refractivity contribution is -0.121. The lowest BCUT2D eigenvalue weighted by Crippen LogP contribution is -2.42. The van der Waals surface area contributed by atoms with Crippen molar-refractivity contribution >= 4 is 11.8 Å². The summed E-state index contributed by atoms with van der Waals surface area (Å²) in [5.74, 6) is -1.69. The van der Waals surface area contributed by atoms with Crippen LogP contribution in [0.2, 0.25) is 0 Å². The Balaban J connectivity index is 1.98. The van der Waals surface area contributed by atoms with Crippen LogP contribution in [-0.2, 0) is 11.2 Å². The number of aryl methyl sites for hydroxylation is 1. The zero-order valence-corrected chi connectivity index (χ0v) is 12.3. The second kappa shape index (κ2) is 6.69. The molecule has 0 aliphatic rings. The minimum Gasteiger partial charge on any atom is -0.508 e. The predicted octanol–water partition coefficient (Wildman–Crippen LogP) is 1.12. The highest BCUT2D eigenvalue weighted by Gasteiger charge is 2.16. The SMILES string of the molecule is Cc1cc(O)cc(O)c1C(=O)NNC(=O)Cc1cccc(O)c1. The molecule has 7 nitrogen and oxygen atoms in total. The van der Waals surface area contributed by atoms with Gasteiger partial charge in [0.05, 0.1) is 12.0 Å². The smallest absolute Gasteiger partial charge is 0.273 e. The zero-order valence-electron chi connectivity index (χ0n) is 12.3. The number of hydrogen-bond donors (Lipinski definition) is 5. The molecule has 2 aromatic rings. The van der Waals surface area contributed by atoms with Crippen molar-refractivity contribution in [2.45, 2.75) is 13.3 Å². The number of hydrogen-bond acceptors (Lipinski definition) is 5. The molecule has 0 bridgehead atoms. The van der Waals surface area contributed by atoms with E-state index in [-0.39, 0.29) is 29.2 Å². The first kappa shape index (κ1) is 16.2. The van der Waals surface area contributed by atoms with Gasteiger partial charge < -0.3 is 15.3 Å². The summed E-state index contributed by atoms with van der Waals surface area (Å²) < 4.78 is 0. The van der Waals surface area contributed by atoms with Crippen LogP contribution in [0.15, 0.2) is 36.4 Å². The molecule has 0 radical (unpaired) electrons. The maximum absolute atomic E-state index is 12.0. The number of phenolic OH excluding ortho intramolecular Hbond substituents is 3. The molecule has 23 heavy (non-hydrogen) atoms. The molecule has 0 saturated carbocycles. The van der Waals surface area contributed by atoms with Crippen molar-refractivity contribution in [3.63, 3.8) is 0 Å². The number of aromatic hydroxyl groups is 3. The summed E-state index contributed by atoms with van der Waals surface area (Å²) in [6.07, 6.45) is -0.0325. The molecule has 7 heteroatoms. The Hall–Kier alpha value is -3.22. The Morgan fingerprint density at radius 1 is 1.00 bits per heavy atom. The Morgan fingerprint density at radius 3 is 2.39 bits per heavy atom. The van der Waals surface area contributed by atoms with Crippen LogP contribution in [0.4, 0.5) is 0 Å². The molecule has 0 spiro atoms. The summed E-state index contributed by atoms with van der Waals surface area (Å²) in [5, 5.41) is 28.4. The van der Waals surface area contributed by atoms with Crippen LogP contribution in [0.25, 0.3) is 0 Å². The highest BCUT2D eigenvalue weighted by atomic mass is 16.3. The number of nitrogens with one attached hydrogen (secondary N) is 2. The van der Waals surface area contributed by atoms with Gasteiger partial charge in [-0.05, 0) is 36.2 Å². The average molecular weight is 316 g/mol. The number of amides is 2. The van der Waals surface area contributed by atoms with E-state index in [0.29, 0.717) is 11.1 Å². The number of hydrazine groups is 1. The molecule has 0 heterocycles. The number of carbonyl (C=O) groups is 2. The minimum atomic E-state index is -0.704. The first-order chi connectivity index (χ1) is 10.9. The fraction of sp³-hybridized carbons (Fsp3) is 0.125. The summed E-state index contributed by atoms with van der Waals surface area (Å²) in [6, 6.07) is 8.56. The van der Waals surface area contributed by atoms with E-state index >= 15 is 0 Å². The van der Waals surface area contributed by atoms with Crippen LogP contribution in [0.5, 0.6) is 17.2 Å². The predicted molar refractivity (Wildman–Crippen MR) is 81.9 cm³/mol. The van der Waals surface area contributed by atoms with E-state index in [4.69, 9.17) is 0 Å². The van der Waals surface area contributed by atoms with E-state index in [0.717, 1.165) is 6.07 Å². The average Bonchev–Trinajstić information content (AvgIpc) is 2.44. The molecule has 0 aromatic heterocycles. The standard InChI is InChI=1S/C16H16N2O5/c1-9-5-12(20)8-13(21)15(9)16(23)18-17-14(22)7-10-3-2-4-11(19)6-10/h2-6,8,19-21H,7H2,1H3,(H,17,22)(H,18,23). The number of phenols is 3. The van der Waals surface area contributed by atoms with Crippen molar-refractivity contribution in [2.24, 2.45) is 0 Å². The monoisotopic (exact) mass is 316 g/mol. The van der Waals surface area contributed by atoms with Crippen LogP contribution in [0.1, 0.15) is 21.5 Å². The van der Waals surface area contributed by atoms with Gasteiger partial charge in [-0.25, -0.2) is 0 Å². The van der Waals surface area contributed by atoms with Gasteiger partial charge in [0.15, 0.2) is 0 Å². The normalized spacial score (nSPS) is 10.1. The van der Waals surface area contributed by atoms with Crippen LogP contribution < -0.4 is 10.9 Å². The van der Waals surface area contributed by atoms with Crippen molar-refractivity contribution in [2.75, 3.05) is 0 Å². The lowest BCUT2D eigenvalue weighted by Gasteiger charge is -2.11. The summed E-state index contributed by atoms with van der Waals surface area (Å²) in [5.41, 5.74) is 5.32. The topological polar surface area (TPSA) is 119 Å². The molecule has 0 fully saturated rings. The summed E-state index contributed by atoms with van der Waals surface area (Å²) in [6.45, 7) is 1.54. The van der Waals surface area contributed by atoms with Gasteiger partial charge in [0.2, 0.25) is 5.91 Å². The van der Waals surface area contributed by atoms with Crippen LogP contribution in [0, 0.1) is 6.92 Å². The molecule has 2 amide bonds. The molecule has 2 aromatic carbocycles. The molecular formula is C16H16N2O5. The molecule has 0 saturated heterocycles. The van der Waals surface area contributed by atoms with Crippen molar-refractivity contribution in [1.82, 2.24) is 10.9 Å². The van der Waals surface area contributed by atoms with Gasteiger partial charge in [-0.2, -0.15) is 0 Å². The van der Waals surface area contributed by atoms with Gasteiger partial charge in [-0.3, -0.25) is 20.4 Å². The molecule has 0 unspecified atom stereocenters. The van der Waals surface area contributed by atoms with Gasteiger partial charge in [0, 0.05) is 6.07 Å². The largest absolute Gasteiger partial charge is 0.508 e. The van der Waals surface area contributed by atoms with Crippen molar-refractivity contribution < 1.29 is 24.9 Å². The summed E-state index contributed by atoms with van der Waals surface area (Å²) in [4.78, 5) is 23.8. The first-order valence-electron chi connectivity index (χ1n) is 6.76. The Labute approximate surface area is 132 Å². The van der Waals surface area contributed by atoms with Gasteiger partial charge in [-0.15, -0.1) is 0 Å². The quantitative estimate of drug-likeness (QED) is 0.544. The molecule has 2 rings (SSSR count). The molecule has 0 atom stereocenters. The van der Waals surface area contributed by atoms with Crippen molar-refractivity contribution in [1.29, 1.82) is 0 Å².